The van der Waals surface area contributed by atoms with E-state index in [1.165, 1.54) is 24.4 Å². The van der Waals surface area contributed by atoms with Crippen LogP contribution in [0.3, 0.4) is 0 Å². The number of pyridine rings is 1. The van der Waals surface area contributed by atoms with Gasteiger partial charge in [-0.3, -0.25) is 10.1 Å². The highest BCUT2D eigenvalue weighted by molar-refractivity contribution is 6.31. The molecular weight excluding hydrogens is 458 g/mol. The summed E-state index contributed by atoms with van der Waals surface area (Å²) in [6.45, 7) is 3.43. The third-order valence-corrected chi connectivity index (χ3v) is 5.03. The van der Waals surface area contributed by atoms with E-state index >= 15 is 0 Å². The molecule has 0 saturated carbocycles. The number of aryl methyl sites for hydroxylation is 1. The molecule has 0 spiro atoms. The number of amides is 3. The van der Waals surface area contributed by atoms with Crippen LogP contribution >= 0.6 is 11.6 Å². The quantitative estimate of drug-likeness (QED) is 0.396. The first-order valence-electron chi connectivity index (χ1n) is 9.90. The van der Waals surface area contributed by atoms with Crippen LogP contribution in [0.4, 0.5) is 18.4 Å². The second-order valence-electron chi connectivity index (χ2n) is 6.99. The average molecular weight is 479 g/mol. The van der Waals surface area contributed by atoms with Crippen LogP contribution in [0, 0.1) is 18.6 Å². The molecule has 0 unspecified atom stereocenters. The van der Waals surface area contributed by atoms with Crippen molar-refractivity contribution in [3.63, 3.8) is 0 Å². The van der Waals surface area contributed by atoms with Crippen molar-refractivity contribution < 1.29 is 23.5 Å². The predicted molar refractivity (Wildman–Crippen MR) is 118 cm³/mol. The SMILES string of the molecule is CCN(NC(=O)O)C(=O)NCCc1ncc(-c2cc(Cl)cc(F)c2-c2c[nH]nc2C)cc1F. The van der Waals surface area contributed by atoms with Gasteiger partial charge in [0, 0.05) is 53.6 Å². The Kier molecular flexibility index (Phi) is 7.44. The highest BCUT2D eigenvalue weighted by Gasteiger charge is 2.19. The second-order valence-corrected chi connectivity index (χ2v) is 7.43. The van der Waals surface area contributed by atoms with E-state index in [4.69, 9.17) is 16.7 Å². The van der Waals surface area contributed by atoms with Gasteiger partial charge in [-0.1, -0.05) is 11.6 Å². The van der Waals surface area contributed by atoms with Crippen molar-refractivity contribution in [3.05, 3.63) is 58.6 Å². The Morgan fingerprint density at radius 2 is 1.97 bits per heavy atom. The molecule has 4 N–H and O–H groups in total. The first-order valence-corrected chi connectivity index (χ1v) is 10.3. The summed E-state index contributed by atoms with van der Waals surface area (Å²) in [4.78, 5) is 26.8. The molecule has 2 heterocycles. The molecule has 0 aliphatic carbocycles. The summed E-state index contributed by atoms with van der Waals surface area (Å²) in [5.41, 5.74) is 4.00. The summed E-state index contributed by atoms with van der Waals surface area (Å²) < 4.78 is 29.6. The van der Waals surface area contributed by atoms with Crippen molar-refractivity contribution >= 4 is 23.7 Å². The lowest BCUT2D eigenvalue weighted by Gasteiger charge is -2.20. The van der Waals surface area contributed by atoms with E-state index in [9.17, 15) is 18.4 Å². The molecule has 0 bridgehead atoms. The lowest BCUT2D eigenvalue weighted by molar-refractivity contribution is 0.145. The molecule has 174 valence electrons. The molecular formula is C21H21ClF2N6O3. The minimum atomic E-state index is -1.38. The third kappa shape index (κ3) is 5.55. The molecule has 3 aromatic rings. The van der Waals surface area contributed by atoms with E-state index < -0.39 is 23.8 Å². The summed E-state index contributed by atoms with van der Waals surface area (Å²) in [6.07, 6.45) is 1.62. The lowest BCUT2D eigenvalue weighted by Crippen LogP contribution is -2.50. The summed E-state index contributed by atoms with van der Waals surface area (Å²) in [5.74, 6) is -1.22. The average Bonchev–Trinajstić information content (AvgIpc) is 3.17. The van der Waals surface area contributed by atoms with Crippen LogP contribution in [0.5, 0.6) is 0 Å². The van der Waals surface area contributed by atoms with Crippen molar-refractivity contribution in [1.82, 2.24) is 30.9 Å². The van der Waals surface area contributed by atoms with Crippen molar-refractivity contribution in [3.8, 4) is 22.3 Å². The van der Waals surface area contributed by atoms with E-state index in [0.29, 0.717) is 22.4 Å². The number of urea groups is 1. The van der Waals surface area contributed by atoms with Crippen LogP contribution in [0.25, 0.3) is 22.3 Å². The second kappa shape index (κ2) is 10.3. The molecule has 3 amide bonds. The Balaban J connectivity index is 1.80. The van der Waals surface area contributed by atoms with Gasteiger partial charge in [0.1, 0.15) is 11.6 Å². The zero-order chi connectivity index (χ0) is 24.1. The highest BCUT2D eigenvalue weighted by Crippen LogP contribution is 2.37. The van der Waals surface area contributed by atoms with Crippen LogP contribution in [-0.4, -0.2) is 50.5 Å². The Hall–Kier alpha value is -3.73. The molecule has 9 nitrogen and oxygen atoms in total. The first-order chi connectivity index (χ1) is 15.7. The molecule has 0 atom stereocenters. The topological polar surface area (TPSA) is 123 Å². The molecule has 0 aliphatic heterocycles. The smallest absolute Gasteiger partial charge is 0.423 e. The van der Waals surface area contributed by atoms with Gasteiger partial charge in [-0.05, 0) is 37.6 Å². The number of nitrogens with zero attached hydrogens (tertiary/aromatic N) is 3. The Bertz CT molecular complexity index is 1190. The number of hydrogen-bond donors (Lipinski definition) is 4. The number of carboxylic acid groups (broad SMARTS) is 1. The van der Waals surface area contributed by atoms with E-state index in [1.54, 1.807) is 20.0 Å². The standard InChI is InChI=1S/C21H21ClF2N6O3/c1-3-30(29-21(32)33)20(31)25-5-4-18-16(23)6-12(9-26-18)14-7-13(22)8-17(24)19(14)15-10-27-28-11(15)2/h6-10,29H,3-5H2,1-2H3,(H,25,31)(H,27,28)(H,32,33). The van der Waals surface area contributed by atoms with E-state index in [1.807, 2.05) is 5.43 Å². The Labute approximate surface area is 192 Å². The van der Waals surface area contributed by atoms with Gasteiger partial charge < -0.3 is 10.4 Å². The maximum Gasteiger partial charge on any atom is 0.423 e. The molecule has 0 fully saturated rings. The molecule has 1 aromatic carbocycles. The van der Waals surface area contributed by atoms with Crippen LogP contribution in [0.15, 0.2) is 30.6 Å². The van der Waals surface area contributed by atoms with Gasteiger partial charge in [-0.2, -0.15) is 5.10 Å². The monoisotopic (exact) mass is 478 g/mol. The number of hydrogen-bond acceptors (Lipinski definition) is 4. The number of aromatic nitrogens is 3. The fraction of sp³-hybridized carbons (Fsp3) is 0.238. The molecule has 12 heteroatoms. The Morgan fingerprint density at radius 3 is 2.58 bits per heavy atom. The minimum Gasteiger partial charge on any atom is -0.464 e. The third-order valence-electron chi connectivity index (χ3n) is 4.81. The maximum absolute atomic E-state index is 14.8. The molecule has 0 radical (unpaired) electrons. The number of benzene rings is 1. The minimum absolute atomic E-state index is 0.0190. The zero-order valence-corrected chi connectivity index (χ0v) is 18.5. The summed E-state index contributed by atoms with van der Waals surface area (Å²) >= 11 is 6.05. The van der Waals surface area contributed by atoms with Gasteiger partial charge >= 0.3 is 12.1 Å². The number of nitrogens with one attached hydrogen (secondary N) is 3. The molecule has 0 saturated heterocycles. The van der Waals surface area contributed by atoms with E-state index in [2.05, 4.69) is 20.5 Å². The maximum atomic E-state index is 14.8. The van der Waals surface area contributed by atoms with Crippen molar-refractivity contribution in [2.24, 2.45) is 0 Å². The predicted octanol–water partition coefficient (Wildman–Crippen LogP) is 4.14. The summed E-state index contributed by atoms with van der Waals surface area (Å²) in [6, 6.07) is 3.24. The number of aromatic amines is 1. The van der Waals surface area contributed by atoms with E-state index in [0.717, 1.165) is 5.01 Å². The fourth-order valence-electron chi connectivity index (χ4n) is 3.26. The van der Waals surface area contributed by atoms with Crippen LogP contribution < -0.4 is 10.7 Å². The number of hydrazine groups is 1. The number of rotatable bonds is 6. The van der Waals surface area contributed by atoms with Crippen LogP contribution in [0.1, 0.15) is 18.3 Å². The normalized spacial score (nSPS) is 10.7. The fourth-order valence-corrected chi connectivity index (χ4v) is 3.46. The van der Waals surface area contributed by atoms with Gasteiger partial charge in [0.05, 0.1) is 11.4 Å². The van der Waals surface area contributed by atoms with Gasteiger partial charge in [0.2, 0.25) is 0 Å². The molecule has 2 aromatic heterocycles. The highest BCUT2D eigenvalue weighted by atomic mass is 35.5. The lowest BCUT2D eigenvalue weighted by atomic mass is 9.95. The largest absolute Gasteiger partial charge is 0.464 e. The number of carbonyl (C=O) groups excluding carboxylic acids is 1. The first kappa shape index (κ1) is 23.9. The number of H-pyrrole nitrogens is 1. The van der Waals surface area contributed by atoms with Gasteiger partial charge in [-0.15, -0.1) is 0 Å². The number of carbonyl (C=O) groups is 2. The molecule has 3 rings (SSSR count). The summed E-state index contributed by atoms with van der Waals surface area (Å²) in [5, 5.41) is 18.9. The molecule has 33 heavy (non-hydrogen) atoms. The number of halogens is 3. The Morgan fingerprint density at radius 1 is 1.21 bits per heavy atom. The van der Waals surface area contributed by atoms with Crippen LogP contribution in [-0.2, 0) is 6.42 Å². The van der Waals surface area contributed by atoms with Gasteiger partial charge in [0.25, 0.3) is 0 Å². The van der Waals surface area contributed by atoms with Gasteiger partial charge in [-0.25, -0.2) is 28.8 Å². The molecule has 0 aliphatic rings. The van der Waals surface area contributed by atoms with Crippen molar-refractivity contribution in [2.75, 3.05) is 13.1 Å². The summed E-state index contributed by atoms with van der Waals surface area (Å²) in [7, 11) is 0. The van der Waals surface area contributed by atoms with Crippen molar-refractivity contribution in [1.29, 1.82) is 0 Å². The van der Waals surface area contributed by atoms with Crippen LogP contribution in [0.2, 0.25) is 5.02 Å². The van der Waals surface area contributed by atoms with Crippen molar-refractivity contribution in [2.45, 2.75) is 20.3 Å². The van der Waals surface area contributed by atoms with Gasteiger partial charge in [0.15, 0.2) is 0 Å². The van der Waals surface area contributed by atoms with E-state index in [-0.39, 0.29) is 35.8 Å². The zero-order valence-electron chi connectivity index (χ0n) is 17.7.